The topological polar surface area (TPSA) is 87.1 Å². The normalized spacial score (nSPS) is 12.7. The molecule has 0 radical (unpaired) electrons. The van der Waals surface area contributed by atoms with Gasteiger partial charge in [0.15, 0.2) is 0 Å². The summed E-state index contributed by atoms with van der Waals surface area (Å²) in [6.07, 6.45) is 1.72. The molecule has 0 spiro atoms. The van der Waals surface area contributed by atoms with Gasteiger partial charge in [0.1, 0.15) is 11.7 Å². The summed E-state index contributed by atoms with van der Waals surface area (Å²) >= 11 is 0. The Morgan fingerprint density at radius 1 is 1.30 bits per heavy atom. The predicted octanol–water partition coefficient (Wildman–Crippen LogP) is 1.93. The third-order valence-electron chi connectivity index (χ3n) is 2.99. The SMILES string of the molecule is COCC(N)c1nc(-c2nccc3ccccc23)no1. The highest BCUT2D eigenvalue weighted by Crippen LogP contribution is 2.24. The molecule has 0 saturated heterocycles. The van der Waals surface area contributed by atoms with Gasteiger partial charge >= 0.3 is 0 Å². The van der Waals surface area contributed by atoms with E-state index in [1.165, 1.54) is 0 Å². The number of hydrogen-bond donors (Lipinski definition) is 1. The molecule has 0 saturated carbocycles. The van der Waals surface area contributed by atoms with Crippen molar-refractivity contribution in [3.8, 4) is 11.5 Å². The van der Waals surface area contributed by atoms with Crippen molar-refractivity contribution in [2.24, 2.45) is 5.73 Å². The van der Waals surface area contributed by atoms with E-state index in [0.29, 0.717) is 24.0 Å². The second kappa shape index (κ2) is 5.36. The van der Waals surface area contributed by atoms with E-state index in [4.69, 9.17) is 15.0 Å². The molecule has 3 aromatic rings. The highest BCUT2D eigenvalue weighted by molar-refractivity contribution is 5.92. The Hall–Kier alpha value is -2.31. The molecule has 2 heterocycles. The number of nitrogens with zero attached hydrogens (tertiary/aromatic N) is 3. The molecule has 2 aromatic heterocycles. The molecular formula is C14H14N4O2. The summed E-state index contributed by atoms with van der Waals surface area (Å²) in [6, 6.07) is 9.42. The van der Waals surface area contributed by atoms with E-state index in [2.05, 4.69) is 15.1 Å². The van der Waals surface area contributed by atoms with Crippen LogP contribution in [0, 0.1) is 0 Å². The maximum absolute atomic E-state index is 5.87. The Morgan fingerprint density at radius 2 is 2.15 bits per heavy atom. The molecule has 102 valence electrons. The summed E-state index contributed by atoms with van der Waals surface area (Å²) in [4.78, 5) is 8.64. The van der Waals surface area contributed by atoms with Gasteiger partial charge in [-0.05, 0) is 11.5 Å². The number of ether oxygens (including phenoxy) is 1. The van der Waals surface area contributed by atoms with Gasteiger partial charge in [0.05, 0.1) is 6.61 Å². The van der Waals surface area contributed by atoms with Gasteiger partial charge in [0.2, 0.25) is 11.7 Å². The second-order valence-corrected chi connectivity index (χ2v) is 4.40. The van der Waals surface area contributed by atoms with Crippen LogP contribution >= 0.6 is 0 Å². The van der Waals surface area contributed by atoms with Crippen molar-refractivity contribution in [3.05, 3.63) is 42.4 Å². The van der Waals surface area contributed by atoms with E-state index in [0.717, 1.165) is 10.8 Å². The van der Waals surface area contributed by atoms with Gasteiger partial charge < -0.3 is 15.0 Å². The molecule has 0 fully saturated rings. The van der Waals surface area contributed by atoms with Crippen LogP contribution < -0.4 is 5.73 Å². The van der Waals surface area contributed by atoms with E-state index in [9.17, 15) is 0 Å². The molecule has 0 bridgehead atoms. The number of rotatable bonds is 4. The van der Waals surface area contributed by atoms with Gasteiger partial charge in [-0.15, -0.1) is 0 Å². The number of hydrogen-bond acceptors (Lipinski definition) is 6. The zero-order valence-electron chi connectivity index (χ0n) is 11.0. The molecule has 1 atom stereocenters. The van der Waals surface area contributed by atoms with Crippen molar-refractivity contribution in [3.63, 3.8) is 0 Å². The molecule has 1 unspecified atom stereocenters. The number of fused-ring (bicyclic) bond motifs is 1. The molecule has 0 aliphatic rings. The van der Waals surface area contributed by atoms with E-state index in [-0.39, 0.29) is 0 Å². The zero-order valence-corrected chi connectivity index (χ0v) is 11.0. The van der Waals surface area contributed by atoms with Crippen LogP contribution in [0.2, 0.25) is 0 Å². The quantitative estimate of drug-likeness (QED) is 0.779. The summed E-state index contributed by atoms with van der Waals surface area (Å²) in [6.45, 7) is 0.324. The third-order valence-corrected chi connectivity index (χ3v) is 2.99. The van der Waals surface area contributed by atoms with Crippen LogP contribution in [0.25, 0.3) is 22.3 Å². The van der Waals surface area contributed by atoms with Gasteiger partial charge in [0.25, 0.3) is 0 Å². The summed E-state index contributed by atoms with van der Waals surface area (Å²) in [5.41, 5.74) is 6.55. The molecular weight excluding hydrogens is 256 g/mol. The number of methoxy groups -OCH3 is 1. The minimum absolute atomic E-state index is 0.324. The minimum atomic E-state index is -0.434. The van der Waals surface area contributed by atoms with Crippen molar-refractivity contribution >= 4 is 10.8 Å². The van der Waals surface area contributed by atoms with Crippen LogP contribution in [0.15, 0.2) is 41.1 Å². The fraction of sp³-hybridized carbons (Fsp3) is 0.214. The molecule has 1 aromatic carbocycles. The number of nitrogens with two attached hydrogens (primary N) is 1. The van der Waals surface area contributed by atoms with Crippen LogP contribution in [0.3, 0.4) is 0 Å². The average Bonchev–Trinajstić information content (AvgIpc) is 2.97. The summed E-state index contributed by atoms with van der Waals surface area (Å²) in [5, 5.41) is 6.00. The van der Waals surface area contributed by atoms with Gasteiger partial charge in [-0.2, -0.15) is 4.98 Å². The van der Waals surface area contributed by atoms with Gasteiger partial charge in [-0.25, -0.2) is 0 Å². The molecule has 20 heavy (non-hydrogen) atoms. The van der Waals surface area contributed by atoms with E-state index in [1.807, 2.05) is 30.3 Å². The molecule has 6 nitrogen and oxygen atoms in total. The first kappa shape index (κ1) is 12.7. The first-order valence-electron chi connectivity index (χ1n) is 6.22. The average molecular weight is 270 g/mol. The van der Waals surface area contributed by atoms with E-state index in [1.54, 1.807) is 13.3 Å². The maximum Gasteiger partial charge on any atom is 0.246 e. The smallest absolute Gasteiger partial charge is 0.246 e. The second-order valence-electron chi connectivity index (χ2n) is 4.40. The van der Waals surface area contributed by atoms with Crippen LogP contribution in [0.5, 0.6) is 0 Å². The fourth-order valence-electron chi connectivity index (χ4n) is 2.03. The Balaban J connectivity index is 2.03. The fourth-order valence-corrected chi connectivity index (χ4v) is 2.03. The summed E-state index contributed by atoms with van der Waals surface area (Å²) < 4.78 is 10.2. The largest absolute Gasteiger partial charge is 0.383 e. The number of aromatic nitrogens is 3. The molecule has 6 heteroatoms. The number of pyridine rings is 1. The van der Waals surface area contributed by atoms with Gasteiger partial charge in [-0.1, -0.05) is 29.4 Å². The van der Waals surface area contributed by atoms with Crippen molar-refractivity contribution in [2.75, 3.05) is 13.7 Å². The van der Waals surface area contributed by atoms with Crippen LogP contribution in [0.4, 0.5) is 0 Å². The molecule has 3 rings (SSSR count). The van der Waals surface area contributed by atoms with Crippen LogP contribution in [-0.4, -0.2) is 28.8 Å². The lowest BCUT2D eigenvalue weighted by Gasteiger charge is -2.03. The van der Waals surface area contributed by atoms with Crippen molar-refractivity contribution in [2.45, 2.75) is 6.04 Å². The lowest BCUT2D eigenvalue weighted by Crippen LogP contribution is -2.16. The van der Waals surface area contributed by atoms with E-state index >= 15 is 0 Å². The Bertz CT molecular complexity index is 721. The summed E-state index contributed by atoms with van der Waals surface area (Å²) in [7, 11) is 1.57. The van der Waals surface area contributed by atoms with Crippen LogP contribution in [0.1, 0.15) is 11.9 Å². The van der Waals surface area contributed by atoms with Crippen molar-refractivity contribution < 1.29 is 9.26 Å². The lowest BCUT2D eigenvalue weighted by atomic mass is 10.1. The monoisotopic (exact) mass is 270 g/mol. The standard InChI is InChI=1S/C14H14N4O2/c1-19-8-11(15)14-17-13(18-20-14)12-10-5-3-2-4-9(10)6-7-16-12/h2-7,11H,8,15H2,1H3. The van der Waals surface area contributed by atoms with Crippen molar-refractivity contribution in [1.82, 2.24) is 15.1 Å². The van der Waals surface area contributed by atoms with Crippen molar-refractivity contribution in [1.29, 1.82) is 0 Å². The highest BCUT2D eigenvalue weighted by Gasteiger charge is 2.17. The van der Waals surface area contributed by atoms with Crippen LogP contribution in [-0.2, 0) is 4.74 Å². The lowest BCUT2D eigenvalue weighted by molar-refractivity contribution is 0.166. The van der Waals surface area contributed by atoms with Gasteiger partial charge in [-0.3, -0.25) is 4.98 Å². The molecule has 2 N–H and O–H groups in total. The van der Waals surface area contributed by atoms with Gasteiger partial charge in [0, 0.05) is 18.7 Å². The molecule has 0 amide bonds. The maximum atomic E-state index is 5.87. The molecule has 0 aliphatic heterocycles. The molecule has 0 aliphatic carbocycles. The first-order valence-corrected chi connectivity index (χ1v) is 6.22. The Labute approximate surface area is 115 Å². The summed E-state index contributed by atoms with van der Waals surface area (Å²) in [5.74, 6) is 0.778. The van der Waals surface area contributed by atoms with E-state index < -0.39 is 6.04 Å². The first-order chi connectivity index (χ1) is 9.79. The minimum Gasteiger partial charge on any atom is -0.383 e. The Kier molecular flexibility index (Phi) is 3.41. The number of benzene rings is 1. The highest BCUT2D eigenvalue weighted by atomic mass is 16.5. The Morgan fingerprint density at radius 3 is 3.00 bits per heavy atom. The third kappa shape index (κ3) is 2.26. The zero-order chi connectivity index (χ0) is 13.9. The predicted molar refractivity (Wildman–Crippen MR) is 73.8 cm³/mol.